The molecule has 3 N–H and O–H groups in total. The van der Waals surface area contributed by atoms with Crippen molar-refractivity contribution in [1.29, 1.82) is 5.26 Å². The quantitative estimate of drug-likeness (QED) is 0.243. The Morgan fingerprint density at radius 3 is 2.64 bits per heavy atom. The maximum Gasteiger partial charge on any atom is 0.408 e. The van der Waals surface area contributed by atoms with Gasteiger partial charge in [-0.1, -0.05) is 13.8 Å². The highest BCUT2D eigenvalue weighted by atomic mass is 16.6. The number of carbonyl (C=O) groups excluding carboxylic acids is 2. The molecule has 0 aromatic carbocycles. The highest BCUT2D eigenvalue weighted by molar-refractivity contribution is 5.81. The molecule has 1 amide bonds. The van der Waals surface area contributed by atoms with Gasteiger partial charge in [-0.05, 0) is 38.8 Å². The molecule has 3 rings (SSSR count). The molecule has 0 saturated carbocycles. The molecule has 1 aliphatic rings. The molecule has 39 heavy (non-hydrogen) atoms. The maximum atomic E-state index is 12.8. The lowest BCUT2D eigenvalue weighted by atomic mass is 9.92. The third-order valence-corrected chi connectivity index (χ3v) is 5.83. The Hall–Kier alpha value is -3.80. The highest BCUT2D eigenvalue weighted by Gasteiger charge is 2.58. The first-order valence-electron chi connectivity index (χ1n) is 12.4. The lowest BCUT2D eigenvalue weighted by Gasteiger charge is -2.25. The molecule has 3 heterocycles. The van der Waals surface area contributed by atoms with Crippen molar-refractivity contribution < 1.29 is 34.0 Å². The Morgan fingerprint density at radius 2 is 2.05 bits per heavy atom. The van der Waals surface area contributed by atoms with E-state index in [1.54, 1.807) is 66.0 Å². The molecule has 0 aliphatic carbocycles. The number of aromatic nitrogens is 3. The van der Waals surface area contributed by atoms with Crippen molar-refractivity contribution in [1.82, 2.24) is 24.8 Å². The second-order valence-corrected chi connectivity index (χ2v) is 10.7. The van der Waals surface area contributed by atoms with Gasteiger partial charge >= 0.3 is 12.1 Å². The van der Waals surface area contributed by atoms with E-state index < -0.39 is 54.2 Å². The number of amides is 1. The van der Waals surface area contributed by atoms with Crippen LogP contribution in [-0.2, 0) is 24.6 Å². The number of hydrogen-bond acceptors (Lipinski definition) is 11. The average Bonchev–Trinajstić information content (AvgIpc) is 3.39. The van der Waals surface area contributed by atoms with Crippen LogP contribution in [0.1, 0.15) is 40.3 Å². The van der Waals surface area contributed by atoms with Gasteiger partial charge in [0.2, 0.25) is 5.60 Å². The summed E-state index contributed by atoms with van der Waals surface area (Å²) in [6.07, 6.45) is -2.53. The summed E-state index contributed by atoms with van der Waals surface area (Å²) in [5, 5.41) is 38.5. The maximum absolute atomic E-state index is 12.8. The van der Waals surface area contributed by atoms with Crippen LogP contribution in [0.4, 0.5) is 10.6 Å². The summed E-state index contributed by atoms with van der Waals surface area (Å²) in [7, 11) is 3.59. The first-order valence-corrected chi connectivity index (χ1v) is 12.4. The van der Waals surface area contributed by atoms with Gasteiger partial charge in [0.05, 0.1) is 12.0 Å². The van der Waals surface area contributed by atoms with Crippen molar-refractivity contribution in [3.05, 3.63) is 24.2 Å². The van der Waals surface area contributed by atoms with Gasteiger partial charge in [0.25, 0.3) is 0 Å². The molecule has 1 aliphatic heterocycles. The van der Waals surface area contributed by atoms with Crippen molar-refractivity contribution in [2.45, 2.75) is 70.2 Å². The fourth-order valence-corrected chi connectivity index (χ4v) is 3.97. The van der Waals surface area contributed by atoms with E-state index >= 15 is 0 Å². The Balaban J connectivity index is 1.80. The third-order valence-electron chi connectivity index (χ3n) is 5.83. The zero-order chi connectivity index (χ0) is 29.1. The predicted molar refractivity (Wildman–Crippen MR) is 138 cm³/mol. The number of carbonyl (C=O) groups is 2. The minimum atomic E-state index is -2.04. The first kappa shape index (κ1) is 29.8. The minimum Gasteiger partial charge on any atom is -0.461 e. The van der Waals surface area contributed by atoms with Crippen molar-refractivity contribution in [2.75, 3.05) is 20.7 Å². The topological polar surface area (TPSA) is 184 Å². The number of esters is 1. The van der Waals surface area contributed by atoms with Crippen LogP contribution in [0.2, 0.25) is 0 Å². The van der Waals surface area contributed by atoms with Crippen LogP contribution >= 0.6 is 0 Å². The third kappa shape index (κ3) is 6.44. The van der Waals surface area contributed by atoms with Gasteiger partial charge in [-0.3, -0.25) is 0 Å². The van der Waals surface area contributed by atoms with Gasteiger partial charge in [0.15, 0.2) is 5.82 Å². The van der Waals surface area contributed by atoms with Crippen LogP contribution < -0.4 is 5.32 Å². The van der Waals surface area contributed by atoms with E-state index in [1.807, 2.05) is 6.07 Å². The van der Waals surface area contributed by atoms with Gasteiger partial charge in [-0.25, -0.2) is 24.1 Å². The molecule has 1 saturated heterocycles. The smallest absolute Gasteiger partial charge is 0.408 e. The number of fused-ring (bicyclic) bond motifs is 1. The molecular formula is C25H35N7O7. The summed E-state index contributed by atoms with van der Waals surface area (Å²) in [6, 6.07) is 4.04. The lowest BCUT2D eigenvalue weighted by molar-refractivity contribution is -0.154. The van der Waals surface area contributed by atoms with Gasteiger partial charge in [-0.2, -0.15) is 10.4 Å². The van der Waals surface area contributed by atoms with E-state index in [1.165, 1.54) is 16.9 Å². The van der Waals surface area contributed by atoms with E-state index in [4.69, 9.17) is 14.2 Å². The molecule has 0 radical (unpaired) electrons. The van der Waals surface area contributed by atoms with E-state index in [0.29, 0.717) is 11.3 Å². The normalized spacial score (nSPS) is 24.1. The Labute approximate surface area is 226 Å². The van der Waals surface area contributed by atoms with Crippen molar-refractivity contribution in [3.63, 3.8) is 0 Å². The van der Waals surface area contributed by atoms with E-state index in [-0.39, 0.29) is 11.6 Å². The zero-order valence-corrected chi connectivity index (χ0v) is 23.0. The number of hydrogen-bond donors (Lipinski definition) is 3. The monoisotopic (exact) mass is 545 g/mol. The van der Waals surface area contributed by atoms with Gasteiger partial charge in [0.1, 0.15) is 54.5 Å². The summed E-state index contributed by atoms with van der Waals surface area (Å²) in [6.45, 7) is 8.02. The summed E-state index contributed by atoms with van der Waals surface area (Å²) in [4.78, 5) is 35.2. The Bertz CT molecular complexity index is 1260. The SMILES string of the molecule is CC(C)[C@H](NC(=O)OC(C)(C)C)C(=O)OC[C@H]1O[C@@](C#N)(c2ccc3c(/N=C\N(C)C)ncnn23)[C@H](O)[C@@H]1O. The van der Waals surface area contributed by atoms with E-state index in [9.17, 15) is 25.1 Å². The number of aliphatic hydroxyl groups is 2. The Morgan fingerprint density at radius 1 is 1.36 bits per heavy atom. The van der Waals surface area contributed by atoms with Crippen LogP contribution in [0.3, 0.4) is 0 Å². The summed E-state index contributed by atoms with van der Waals surface area (Å²) in [5.41, 5.74) is -2.22. The van der Waals surface area contributed by atoms with Crippen LogP contribution in [-0.4, -0.2) is 98.8 Å². The van der Waals surface area contributed by atoms with Crippen LogP contribution in [0.25, 0.3) is 5.52 Å². The molecule has 2 aromatic rings. The molecule has 212 valence electrons. The molecule has 2 aromatic heterocycles. The fraction of sp³-hybridized carbons (Fsp3) is 0.600. The second kappa shape index (κ2) is 11.5. The van der Waals surface area contributed by atoms with Gasteiger partial charge in [-0.15, -0.1) is 0 Å². The summed E-state index contributed by atoms with van der Waals surface area (Å²) < 4.78 is 17.8. The minimum absolute atomic E-state index is 0.135. The van der Waals surface area contributed by atoms with Crippen LogP contribution in [0, 0.1) is 17.2 Å². The summed E-state index contributed by atoms with van der Waals surface area (Å²) in [5.74, 6) is -0.826. The van der Waals surface area contributed by atoms with Gasteiger partial charge in [0, 0.05) is 14.1 Å². The van der Waals surface area contributed by atoms with Crippen molar-refractivity contribution in [2.24, 2.45) is 10.9 Å². The first-order chi connectivity index (χ1) is 18.2. The molecule has 14 heteroatoms. The number of ether oxygens (including phenoxy) is 3. The summed E-state index contributed by atoms with van der Waals surface area (Å²) >= 11 is 0. The molecule has 0 spiro atoms. The molecule has 14 nitrogen and oxygen atoms in total. The number of alkyl carbamates (subject to hydrolysis) is 1. The highest BCUT2D eigenvalue weighted by Crippen LogP contribution is 2.40. The zero-order valence-electron chi connectivity index (χ0n) is 23.0. The largest absolute Gasteiger partial charge is 0.461 e. The predicted octanol–water partition coefficient (Wildman–Crippen LogP) is 0.883. The second-order valence-electron chi connectivity index (χ2n) is 10.7. The molecular weight excluding hydrogens is 510 g/mol. The average molecular weight is 546 g/mol. The van der Waals surface area contributed by atoms with Crippen molar-refractivity contribution in [3.8, 4) is 6.07 Å². The lowest BCUT2D eigenvalue weighted by Crippen LogP contribution is -2.48. The molecule has 0 bridgehead atoms. The molecule has 0 unspecified atom stereocenters. The number of aliphatic imine (C=N–C) groups is 1. The fourth-order valence-electron chi connectivity index (χ4n) is 3.97. The standard InChI is InChI=1S/C25H35N7O7/c1-14(2)18(30-23(36)39-24(3,4)5)22(35)37-10-16-19(33)20(34)25(11-26,38-16)17-9-8-15-21(28-13-31(6)7)27-12-29-32(15)17/h8-9,12-14,16,18-20,33-34H,10H2,1-7H3,(H,30,36)/b28-13-/t16-,18+,19-,20-,25+/m1/s1. The number of nitrogens with zero attached hydrogens (tertiary/aromatic N) is 6. The number of aliphatic hydroxyl groups excluding tert-OH is 2. The van der Waals surface area contributed by atoms with E-state index in [0.717, 1.165) is 0 Å². The van der Waals surface area contributed by atoms with Crippen LogP contribution in [0.15, 0.2) is 23.5 Å². The van der Waals surface area contributed by atoms with Crippen LogP contribution in [0.5, 0.6) is 0 Å². The molecule has 5 atom stereocenters. The molecule has 1 fully saturated rings. The number of rotatable bonds is 8. The van der Waals surface area contributed by atoms with Crippen molar-refractivity contribution >= 4 is 29.7 Å². The van der Waals surface area contributed by atoms with Gasteiger partial charge < -0.3 is 34.6 Å². The number of nitriles is 1. The number of nitrogens with one attached hydrogen (secondary N) is 1. The van der Waals surface area contributed by atoms with E-state index in [2.05, 4.69) is 20.4 Å². The Kier molecular flexibility index (Phi) is 8.79.